The molecule has 0 aliphatic carbocycles. The highest BCUT2D eigenvalue weighted by molar-refractivity contribution is 9.09. The van der Waals surface area contributed by atoms with Crippen molar-refractivity contribution in [3.8, 4) is 0 Å². The Kier molecular flexibility index (Phi) is 2.57. The Labute approximate surface area is 67.9 Å². The Hall–Kier alpha value is -0.700. The molecule has 0 spiro atoms. The van der Waals surface area contributed by atoms with E-state index in [1.165, 1.54) is 6.26 Å². The highest BCUT2D eigenvalue weighted by Crippen LogP contribution is 2.17. The topological polar surface area (TPSA) is 18.5 Å². The zero-order valence-corrected chi connectivity index (χ0v) is 6.87. The quantitative estimate of drug-likeness (QED) is 0.389. The molecule has 0 amide bonds. The third-order valence-corrected chi connectivity index (χ3v) is 1.84. The maximum absolute atomic E-state index is 4.79. The smallest absolute Gasteiger partial charge is 0.173 e. The normalized spacial score (nSPS) is 18.3. The van der Waals surface area contributed by atoms with Crippen LogP contribution in [0.1, 0.15) is 0 Å². The standard InChI is InChI=1S/C7H7BrO2/c1-2-6(8)7-4-3-5-9-10-7/h2-6H,1H2. The molecule has 3 heteroatoms. The van der Waals surface area contributed by atoms with Crippen LogP contribution in [0.2, 0.25) is 0 Å². The molecule has 0 aromatic heterocycles. The largest absolute Gasteiger partial charge is 0.298 e. The molecule has 1 heterocycles. The number of rotatable bonds is 2. The molecule has 0 saturated carbocycles. The first-order chi connectivity index (χ1) is 4.84. The molecule has 1 rings (SSSR count). The summed E-state index contributed by atoms with van der Waals surface area (Å²) < 4.78 is 0. The Morgan fingerprint density at radius 1 is 1.70 bits per heavy atom. The van der Waals surface area contributed by atoms with Crippen molar-refractivity contribution >= 4 is 15.9 Å². The van der Waals surface area contributed by atoms with Gasteiger partial charge in [0.2, 0.25) is 0 Å². The second-order valence-corrected chi connectivity index (χ2v) is 2.70. The Morgan fingerprint density at radius 3 is 3.00 bits per heavy atom. The van der Waals surface area contributed by atoms with Crippen molar-refractivity contribution in [3.63, 3.8) is 0 Å². The van der Waals surface area contributed by atoms with Crippen LogP contribution in [0.5, 0.6) is 0 Å². The van der Waals surface area contributed by atoms with Gasteiger partial charge in [-0.2, -0.15) is 0 Å². The van der Waals surface area contributed by atoms with E-state index in [0.717, 1.165) is 0 Å². The van der Waals surface area contributed by atoms with Crippen molar-refractivity contribution in [1.29, 1.82) is 0 Å². The summed E-state index contributed by atoms with van der Waals surface area (Å²) in [6, 6.07) is 0. The molecule has 1 aliphatic rings. The molecule has 1 atom stereocenters. The van der Waals surface area contributed by atoms with Crippen LogP contribution in [0.4, 0.5) is 0 Å². The fourth-order valence-corrected chi connectivity index (χ4v) is 0.760. The van der Waals surface area contributed by atoms with Crippen LogP contribution in [0.25, 0.3) is 0 Å². The third-order valence-electron chi connectivity index (χ3n) is 1.02. The zero-order valence-electron chi connectivity index (χ0n) is 5.29. The van der Waals surface area contributed by atoms with Crippen molar-refractivity contribution in [2.75, 3.05) is 0 Å². The number of halogens is 1. The minimum Gasteiger partial charge on any atom is -0.298 e. The van der Waals surface area contributed by atoms with Crippen LogP contribution in [0.3, 0.4) is 0 Å². The van der Waals surface area contributed by atoms with E-state index in [4.69, 9.17) is 4.89 Å². The minimum absolute atomic E-state index is 0.0254. The fraction of sp³-hybridized carbons (Fsp3) is 0.143. The van der Waals surface area contributed by atoms with E-state index in [9.17, 15) is 0 Å². The summed E-state index contributed by atoms with van der Waals surface area (Å²) in [6.07, 6.45) is 6.75. The van der Waals surface area contributed by atoms with Gasteiger partial charge in [0.1, 0.15) is 6.26 Å². The molecule has 1 unspecified atom stereocenters. The number of alkyl halides is 1. The molecule has 1 aliphatic heterocycles. The molecular weight excluding hydrogens is 196 g/mol. The molecule has 0 bridgehead atoms. The molecule has 0 aromatic carbocycles. The average molecular weight is 203 g/mol. The van der Waals surface area contributed by atoms with Crippen molar-refractivity contribution < 1.29 is 9.78 Å². The van der Waals surface area contributed by atoms with Gasteiger partial charge >= 0.3 is 0 Å². The van der Waals surface area contributed by atoms with Gasteiger partial charge in [-0.15, -0.1) is 6.58 Å². The fourth-order valence-electron chi connectivity index (χ4n) is 0.531. The maximum Gasteiger partial charge on any atom is 0.173 e. The van der Waals surface area contributed by atoms with Gasteiger partial charge in [-0.05, 0) is 12.2 Å². The first-order valence-electron chi connectivity index (χ1n) is 2.81. The highest BCUT2D eigenvalue weighted by Gasteiger charge is 2.09. The van der Waals surface area contributed by atoms with Gasteiger partial charge in [0, 0.05) is 0 Å². The summed E-state index contributed by atoms with van der Waals surface area (Å²) in [5.74, 6) is 0.706. The molecule has 54 valence electrons. The molecular formula is C7H7BrO2. The van der Waals surface area contributed by atoms with E-state index in [-0.39, 0.29) is 4.83 Å². The second-order valence-electron chi connectivity index (χ2n) is 1.71. The van der Waals surface area contributed by atoms with E-state index in [2.05, 4.69) is 27.4 Å². The van der Waals surface area contributed by atoms with E-state index < -0.39 is 0 Å². The maximum atomic E-state index is 4.79. The summed E-state index contributed by atoms with van der Waals surface area (Å²) in [5, 5.41) is 0. The third kappa shape index (κ3) is 1.64. The lowest BCUT2D eigenvalue weighted by Crippen LogP contribution is -2.03. The van der Waals surface area contributed by atoms with Gasteiger partial charge in [0.25, 0.3) is 0 Å². The molecule has 0 fully saturated rings. The predicted octanol–water partition coefficient (Wildman–Crippen LogP) is 2.30. The van der Waals surface area contributed by atoms with Crippen LogP contribution in [0, 0.1) is 0 Å². The average Bonchev–Trinajstić information content (AvgIpc) is 2.05. The lowest BCUT2D eigenvalue weighted by atomic mass is 10.3. The summed E-state index contributed by atoms with van der Waals surface area (Å²) in [7, 11) is 0. The van der Waals surface area contributed by atoms with Crippen LogP contribution in [-0.4, -0.2) is 4.83 Å². The minimum atomic E-state index is 0.0254. The summed E-state index contributed by atoms with van der Waals surface area (Å²) in [5.41, 5.74) is 0. The number of allylic oxidation sites excluding steroid dienone is 3. The van der Waals surface area contributed by atoms with Crippen molar-refractivity contribution in [2.24, 2.45) is 0 Å². The van der Waals surface area contributed by atoms with E-state index in [1.54, 1.807) is 12.2 Å². The predicted molar refractivity (Wildman–Crippen MR) is 42.3 cm³/mol. The number of hydrogen-bond acceptors (Lipinski definition) is 2. The molecule has 0 N–H and O–H groups in total. The lowest BCUT2D eigenvalue weighted by Gasteiger charge is -2.10. The Morgan fingerprint density at radius 2 is 2.50 bits per heavy atom. The highest BCUT2D eigenvalue weighted by atomic mass is 79.9. The van der Waals surface area contributed by atoms with E-state index in [1.807, 2.05) is 6.08 Å². The van der Waals surface area contributed by atoms with Gasteiger partial charge in [-0.25, -0.2) is 0 Å². The monoisotopic (exact) mass is 202 g/mol. The Balaban J connectivity index is 2.61. The van der Waals surface area contributed by atoms with Gasteiger partial charge in [-0.3, -0.25) is 9.78 Å². The van der Waals surface area contributed by atoms with Crippen LogP contribution in [-0.2, 0) is 9.78 Å². The first-order valence-corrected chi connectivity index (χ1v) is 3.73. The molecule has 2 nitrogen and oxygen atoms in total. The molecule has 0 aromatic rings. The van der Waals surface area contributed by atoms with Crippen LogP contribution in [0.15, 0.2) is 36.8 Å². The van der Waals surface area contributed by atoms with E-state index in [0.29, 0.717) is 5.76 Å². The van der Waals surface area contributed by atoms with Gasteiger partial charge in [0.05, 0.1) is 4.83 Å². The molecule has 0 radical (unpaired) electrons. The van der Waals surface area contributed by atoms with Gasteiger partial charge in [-0.1, -0.05) is 22.0 Å². The first kappa shape index (κ1) is 7.41. The van der Waals surface area contributed by atoms with Crippen LogP contribution < -0.4 is 0 Å². The zero-order chi connectivity index (χ0) is 7.40. The van der Waals surface area contributed by atoms with Gasteiger partial charge < -0.3 is 0 Å². The lowest BCUT2D eigenvalue weighted by molar-refractivity contribution is -0.214. The molecule has 10 heavy (non-hydrogen) atoms. The summed E-state index contributed by atoms with van der Waals surface area (Å²) in [6.45, 7) is 3.59. The summed E-state index contributed by atoms with van der Waals surface area (Å²) in [4.78, 5) is 9.39. The number of hydrogen-bond donors (Lipinski definition) is 0. The molecule has 0 saturated heterocycles. The van der Waals surface area contributed by atoms with Crippen molar-refractivity contribution in [3.05, 3.63) is 36.8 Å². The van der Waals surface area contributed by atoms with Crippen molar-refractivity contribution in [2.45, 2.75) is 4.83 Å². The summed E-state index contributed by atoms with van der Waals surface area (Å²) >= 11 is 3.31. The van der Waals surface area contributed by atoms with Gasteiger partial charge in [0.15, 0.2) is 5.76 Å². The van der Waals surface area contributed by atoms with Crippen molar-refractivity contribution in [1.82, 2.24) is 0 Å². The SMILES string of the molecule is C=CC(Br)C1=CC=COO1. The second kappa shape index (κ2) is 3.46. The van der Waals surface area contributed by atoms with E-state index >= 15 is 0 Å². The Bertz CT molecular complexity index is 184. The van der Waals surface area contributed by atoms with Crippen LogP contribution >= 0.6 is 15.9 Å².